The zero-order chi connectivity index (χ0) is 14.8. The summed E-state index contributed by atoms with van der Waals surface area (Å²) in [6.07, 6.45) is 2.15. The van der Waals surface area contributed by atoms with Crippen molar-refractivity contribution in [1.29, 1.82) is 0 Å². The van der Waals surface area contributed by atoms with E-state index in [0.717, 1.165) is 31.7 Å². The normalized spacial score (nSPS) is 17.9. The molecule has 6 heteroatoms. The molecular weight excluding hydrogens is 254 g/mol. The van der Waals surface area contributed by atoms with Gasteiger partial charge in [0, 0.05) is 32.7 Å². The summed E-state index contributed by atoms with van der Waals surface area (Å²) in [5.41, 5.74) is 0.598. The standard InChI is InChI=1S/C14H23N5O/c1-14(15-2)7-9-19(10-8-14)12-6-5-11(16-17-12)13(20)18(3)4/h5-6,15H,7-10H2,1-4H3. The maximum absolute atomic E-state index is 11.8. The molecule has 2 heterocycles. The largest absolute Gasteiger partial charge is 0.355 e. The lowest BCUT2D eigenvalue weighted by Crippen LogP contribution is -2.50. The second-order valence-electron chi connectivity index (χ2n) is 5.77. The van der Waals surface area contributed by atoms with Gasteiger partial charge in [-0.2, -0.15) is 0 Å². The predicted octanol–water partition coefficient (Wildman–Crippen LogP) is 0.757. The number of amides is 1. The van der Waals surface area contributed by atoms with E-state index in [9.17, 15) is 4.79 Å². The van der Waals surface area contributed by atoms with E-state index in [1.54, 1.807) is 20.2 Å². The highest BCUT2D eigenvalue weighted by atomic mass is 16.2. The first kappa shape index (κ1) is 14.7. The zero-order valence-electron chi connectivity index (χ0n) is 12.7. The Morgan fingerprint density at radius 3 is 2.40 bits per heavy atom. The molecular formula is C14H23N5O. The van der Waals surface area contributed by atoms with E-state index in [2.05, 4.69) is 27.3 Å². The van der Waals surface area contributed by atoms with Gasteiger partial charge in [-0.3, -0.25) is 4.79 Å². The van der Waals surface area contributed by atoms with E-state index in [1.165, 1.54) is 4.90 Å². The summed E-state index contributed by atoms with van der Waals surface area (Å²) >= 11 is 0. The second-order valence-corrected chi connectivity index (χ2v) is 5.77. The lowest BCUT2D eigenvalue weighted by atomic mass is 9.90. The Morgan fingerprint density at radius 1 is 1.30 bits per heavy atom. The van der Waals surface area contributed by atoms with Crippen molar-refractivity contribution in [2.24, 2.45) is 0 Å². The summed E-state index contributed by atoms with van der Waals surface area (Å²) in [6.45, 7) is 4.15. The van der Waals surface area contributed by atoms with E-state index in [-0.39, 0.29) is 11.4 Å². The minimum absolute atomic E-state index is 0.120. The van der Waals surface area contributed by atoms with Gasteiger partial charge < -0.3 is 15.1 Å². The monoisotopic (exact) mass is 277 g/mol. The summed E-state index contributed by atoms with van der Waals surface area (Å²) < 4.78 is 0. The number of aromatic nitrogens is 2. The fourth-order valence-corrected chi connectivity index (χ4v) is 2.32. The van der Waals surface area contributed by atoms with Gasteiger partial charge in [-0.05, 0) is 38.9 Å². The number of nitrogens with zero attached hydrogens (tertiary/aromatic N) is 4. The molecule has 0 bridgehead atoms. The highest BCUT2D eigenvalue weighted by molar-refractivity contribution is 5.91. The Labute approximate surface area is 120 Å². The van der Waals surface area contributed by atoms with Crippen molar-refractivity contribution in [2.75, 3.05) is 39.1 Å². The third-order valence-electron chi connectivity index (χ3n) is 4.07. The van der Waals surface area contributed by atoms with Crippen molar-refractivity contribution in [3.63, 3.8) is 0 Å². The summed E-state index contributed by atoms with van der Waals surface area (Å²) in [6, 6.07) is 3.63. The van der Waals surface area contributed by atoms with Gasteiger partial charge in [-0.1, -0.05) is 0 Å². The third kappa shape index (κ3) is 3.07. The van der Waals surface area contributed by atoms with E-state index in [1.807, 2.05) is 13.1 Å². The molecule has 0 aliphatic carbocycles. The minimum Gasteiger partial charge on any atom is -0.355 e. The molecule has 6 nitrogen and oxygen atoms in total. The van der Waals surface area contributed by atoms with Crippen molar-refractivity contribution in [3.8, 4) is 0 Å². The molecule has 1 amide bonds. The molecule has 0 saturated carbocycles. The molecule has 1 aromatic heterocycles. The molecule has 1 N–H and O–H groups in total. The molecule has 1 fully saturated rings. The van der Waals surface area contributed by atoms with Crippen molar-refractivity contribution in [2.45, 2.75) is 25.3 Å². The van der Waals surface area contributed by atoms with Crippen LogP contribution in [0, 0.1) is 0 Å². The number of nitrogens with one attached hydrogen (secondary N) is 1. The number of rotatable bonds is 3. The predicted molar refractivity (Wildman–Crippen MR) is 79.0 cm³/mol. The molecule has 1 aliphatic heterocycles. The smallest absolute Gasteiger partial charge is 0.273 e. The molecule has 2 rings (SSSR count). The molecule has 0 radical (unpaired) electrons. The van der Waals surface area contributed by atoms with Crippen molar-refractivity contribution in [1.82, 2.24) is 20.4 Å². The number of hydrogen-bond acceptors (Lipinski definition) is 5. The van der Waals surface area contributed by atoms with E-state index in [4.69, 9.17) is 0 Å². The van der Waals surface area contributed by atoms with Crippen LogP contribution >= 0.6 is 0 Å². The first-order valence-electron chi connectivity index (χ1n) is 6.94. The van der Waals surface area contributed by atoms with Crippen molar-refractivity contribution >= 4 is 11.7 Å². The molecule has 20 heavy (non-hydrogen) atoms. The van der Waals surface area contributed by atoms with E-state index < -0.39 is 0 Å². The summed E-state index contributed by atoms with van der Waals surface area (Å²) in [5, 5.41) is 11.6. The Morgan fingerprint density at radius 2 is 1.95 bits per heavy atom. The number of hydrogen-bond donors (Lipinski definition) is 1. The van der Waals surface area contributed by atoms with Crippen molar-refractivity contribution in [3.05, 3.63) is 17.8 Å². The van der Waals surface area contributed by atoms with Gasteiger partial charge in [0.25, 0.3) is 5.91 Å². The fourth-order valence-electron chi connectivity index (χ4n) is 2.32. The van der Waals surface area contributed by atoms with Crippen molar-refractivity contribution < 1.29 is 4.79 Å². The van der Waals surface area contributed by atoms with Gasteiger partial charge in [0.2, 0.25) is 0 Å². The molecule has 1 aliphatic rings. The molecule has 0 spiro atoms. The maximum Gasteiger partial charge on any atom is 0.273 e. The average molecular weight is 277 g/mol. The molecule has 0 unspecified atom stereocenters. The maximum atomic E-state index is 11.8. The number of piperidine rings is 1. The van der Waals surface area contributed by atoms with Crippen LogP contribution in [-0.4, -0.2) is 60.8 Å². The van der Waals surface area contributed by atoms with Crippen LogP contribution in [-0.2, 0) is 0 Å². The van der Waals surface area contributed by atoms with Gasteiger partial charge in [-0.15, -0.1) is 10.2 Å². The Hall–Kier alpha value is -1.69. The van der Waals surface area contributed by atoms with Crippen LogP contribution in [0.1, 0.15) is 30.3 Å². The quantitative estimate of drug-likeness (QED) is 0.883. The molecule has 1 aromatic rings. The van der Waals surface area contributed by atoms with Crippen LogP contribution in [0.3, 0.4) is 0 Å². The molecule has 110 valence electrons. The fraction of sp³-hybridized carbons (Fsp3) is 0.643. The summed E-state index contributed by atoms with van der Waals surface area (Å²) in [7, 11) is 5.43. The van der Waals surface area contributed by atoms with Crippen LogP contribution in [0.25, 0.3) is 0 Å². The average Bonchev–Trinajstić information content (AvgIpc) is 2.47. The Kier molecular flexibility index (Phi) is 4.23. The van der Waals surface area contributed by atoms with E-state index in [0.29, 0.717) is 5.69 Å². The van der Waals surface area contributed by atoms with Gasteiger partial charge in [0.05, 0.1) is 0 Å². The Bertz CT molecular complexity index is 463. The number of carbonyl (C=O) groups excluding carboxylic acids is 1. The topological polar surface area (TPSA) is 61.4 Å². The van der Waals surface area contributed by atoms with Crippen LogP contribution in [0.4, 0.5) is 5.82 Å². The summed E-state index contributed by atoms with van der Waals surface area (Å²) in [4.78, 5) is 15.5. The first-order chi connectivity index (χ1) is 9.45. The zero-order valence-corrected chi connectivity index (χ0v) is 12.7. The Balaban J connectivity index is 2.03. The first-order valence-corrected chi connectivity index (χ1v) is 6.94. The van der Waals surface area contributed by atoms with Gasteiger partial charge in [0.15, 0.2) is 11.5 Å². The number of carbonyl (C=O) groups is 1. The van der Waals surface area contributed by atoms with E-state index >= 15 is 0 Å². The van der Waals surface area contributed by atoms with Crippen LogP contribution < -0.4 is 10.2 Å². The lowest BCUT2D eigenvalue weighted by Gasteiger charge is -2.39. The third-order valence-corrected chi connectivity index (χ3v) is 4.07. The highest BCUT2D eigenvalue weighted by Crippen LogP contribution is 2.24. The van der Waals surface area contributed by atoms with Crippen LogP contribution in [0.5, 0.6) is 0 Å². The van der Waals surface area contributed by atoms with Crippen LogP contribution in [0.15, 0.2) is 12.1 Å². The molecule has 0 atom stereocenters. The number of anilines is 1. The second kappa shape index (κ2) is 5.75. The highest BCUT2D eigenvalue weighted by Gasteiger charge is 2.28. The lowest BCUT2D eigenvalue weighted by molar-refractivity contribution is 0.0821. The van der Waals surface area contributed by atoms with Gasteiger partial charge >= 0.3 is 0 Å². The van der Waals surface area contributed by atoms with Gasteiger partial charge in [0.1, 0.15) is 0 Å². The van der Waals surface area contributed by atoms with Gasteiger partial charge in [-0.25, -0.2) is 0 Å². The minimum atomic E-state index is -0.120. The summed E-state index contributed by atoms with van der Waals surface area (Å²) in [5.74, 6) is 0.726. The molecule has 0 aromatic carbocycles. The SMILES string of the molecule is CNC1(C)CCN(c2ccc(C(=O)N(C)C)nn2)CC1. The van der Waals surface area contributed by atoms with Crippen LogP contribution in [0.2, 0.25) is 0 Å². The molecule has 1 saturated heterocycles.